The lowest BCUT2D eigenvalue weighted by Crippen LogP contribution is -2.46. The summed E-state index contributed by atoms with van der Waals surface area (Å²) in [4.78, 5) is 27.0. The van der Waals surface area contributed by atoms with Gasteiger partial charge in [0.25, 0.3) is 0 Å². The number of ether oxygens (including phenoxy) is 1. The first-order chi connectivity index (χ1) is 13.9. The maximum atomic E-state index is 12.2. The highest BCUT2D eigenvalue weighted by Crippen LogP contribution is 2.04. The molecule has 2 aromatic rings. The Balaban J connectivity index is 1.65. The largest absolute Gasteiger partial charge is 0.443 e. The summed E-state index contributed by atoms with van der Waals surface area (Å²) in [5.74, 6) is -0.110. The van der Waals surface area contributed by atoms with Gasteiger partial charge in [0.15, 0.2) is 0 Å². The highest BCUT2D eigenvalue weighted by atomic mass is 16.5. The third-order valence-corrected chi connectivity index (χ3v) is 4.44. The molecule has 0 unspecified atom stereocenters. The predicted molar refractivity (Wildman–Crippen MR) is 111 cm³/mol. The molecule has 0 bridgehead atoms. The fraction of sp³-hybridized carbons (Fsp3) is 0.381. The Morgan fingerprint density at radius 3 is 2.55 bits per heavy atom. The molecule has 0 aliphatic carbocycles. The van der Waals surface area contributed by atoms with Crippen LogP contribution in [0, 0.1) is 0 Å². The first-order valence-electron chi connectivity index (χ1n) is 9.60. The topological polar surface area (TPSA) is 132 Å². The molecule has 8 heteroatoms. The molecule has 1 aromatic heterocycles. The fourth-order valence-electron chi connectivity index (χ4n) is 2.65. The third-order valence-electron chi connectivity index (χ3n) is 4.44. The maximum absolute atomic E-state index is 12.2. The number of hydrogen-bond donors (Lipinski definition) is 4. The van der Waals surface area contributed by atoms with Crippen molar-refractivity contribution in [3.05, 3.63) is 65.5 Å². The van der Waals surface area contributed by atoms with Crippen LogP contribution in [0.2, 0.25) is 0 Å². The van der Waals surface area contributed by atoms with Crippen molar-refractivity contribution in [3.8, 4) is 0 Å². The van der Waals surface area contributed by atoms with Crippen LogP contribution in [0.25, 0.3) is 0 Å². The van der Waals surface area contributed by atoms with Crippen molar-refractivity contribution < 1.29 is 14.3 Å². The number of hydrogen-bond acceptors (Lipinski definition) is 6. The summed E-state index contributed by atoms with van der Waals surface area (Å²) in [6.45, 7) is 2.75. The molecule has 1 heterocycles. The van der Waals surface area contributed by atoms with Crippen molar-refractivity contribution in [1.82, 2.24) is 15.6 Å². The van der Waals surface area contributed by atoms with E-state index in [1.165, 1.54) is 5.56 Å². The highest BCUT2D eigenvalue weighted by molar-refractivity contribution is 5.81. The van der Waals surface area contributed by atoms with E-state index < -0.39 is 6.09 Å². The average Bonchev–Trinajstić information content (AvgIpc) is 2.74. The zero-order valence-electron chi connectivity index (χ0n) is 16.6. The summed E-state index contributed by atoms with van der Waals surface area (Å²) >= 11 is 0. The van der Waals surface area contributed by atoms with E-state index in [2.05, 4.69) is 32.5 Å². The zero-order valence-corrected chi connectivity index (χ0v) is 16.6. The summed E-state index contributed by atoms with van der Waals surface area (Å²) < 4.78 is 4.67. The summed E-state index contributed by atoms with van der Waals surface area (Å²) in [6, 6.07) is 13.4. The summed E-state index contributed by atoms with van der Waals surface area (Å²) in [5, 5.41) is 6.04. The molecule has 0 fully saturated rings. The van der Waals surface area contributed by atoms with Crippen LogP contribution in [-0.2, 0) is 29.1 Å². The first kappa shape index (κ1) is 22.3. The average molecular weight is 399 g/mol. The van der Waals surface area contributed by atoms with E-state index >= 15 is 0 Å². The molecular weight excluding hydrogens is 370 g/mol. The van der Waals surface area contributed by atoms with Gasteiger partial charge in [0.2, 0.25) is 5.91 Å². The molecule has 29 heavy (non-hydrogen) atoms. The Bertz CT molecular complexity index is 768. The van der Waals surface area contributed by atoms with Crippen molar-refractivity contribution in [1.29, 1.82) is 0 Å². The monoisotopic (exact) mass is 399 g/mol. The number of carbonyl (C=O) groups excluding carboxylic acids is 2. The molecule has 0 saturated heterocycles. The maximum Gasteiger partial charge on any atom is 0.404 e. The van der Waals surface area contributed by atoms with Gasteiger partial charge < -0.3 is 26.8 Å². The van der Waals surface area contributed by atoms with E-state index in [1.54, 1.807) is 12.3 Å². The number of benzene rings is 1. The van der Waals surface area contributed by atoms with Crippen LogP contribution in [0.5, 0.6) is 0 Å². The lowest BCUT2D eigenvalue weighted by Gasteiger charge is -2.17. The van der Waals surface area contributed by atoms with Crippen LogP contribution in [0.1, 0.15) is 30.2 Å². The van der Waals surface area contributed by atoms with E-state index in [0.29, 0.717) is 18.8 Å². The van der Waals surface area contributed by atoms with E-state index in [1.807, 2.05) is 31.2 Å². The number of pyridine rings is 1. The molecule has 1 aromatic carbocycles. The second-order valence-corrected chi connectivity index (χ2v) is 6.90. The molecule has 2 amide bonds. The summed E-state index contributed by atoms with van der Waals surface area (Å²) in [5.41, 5.74) is 13.7. The lowest BCUT2D eigenvalue weighted by atomic mass is 10.1. The van der Waals surface area contributed by atoms with Gasteiger partial charge in [-0.15, -0.1) is 0 Å². The van der Waals surface area contributed by atoms with Crippen LogP contribution in [0.3, 0.4) is 0 Å². The quantitative estimate of drug-likeness (QED) is 0.449. The number of nitrogens with zero attached hydrogens (tertiary/aromatic N) is 1. The van der Waals surface area contributed by atoms with E-state index in [9.17, 15) is 9.59 Å². The number of carbonyl (C=O) groups is 2. The van der Waals surface area contributed by atoms with Gasteiger partial charge in [-0.3, -0.25) is 9.78 Å². The first-order valence-corrected chi connectivity index (χ1v) is 9.60. The molecule has 6 N–H and O–H groups in total. The van der Waals surface area contributed by atoms with Crippen molar-refractivity contribution in [3.63, 3.8) is 0 Å². The van der Waals surface area contributed by atoms with Crippen molar-refractivity contribution >= 4 is 12.0 Å². The van der Waals surface area contributed by atoms with Crippen LogP contribution < -0.4 is 22.1 Å². The zero-order chi connectivity index (χ0) is 21.1. The minimum atomic E-state index is -0.843. The molecule has 2 rings (SSSR count). The molecule has 0 spiro atoms. The van der Waals surface area contributed by atoms with Crippen LogP contribution in [-0.4, -0.2) is 35.6 Å². The van der Waals surface area contributed by atoms with Crippen LogP contribution in [0.4, 0.5) is 4.79 Å². The van der Waals surface area contributed by atoms with Gasteiger partial charge in [0.1, 0.15) is 6.61 Å². The van der Waals surface area contributed by atoms with Crippen molar-refractivity contribution in [2.75, 3.05) is 6.54 Å². The highest BCUT2D eigenvalue weighted by Gasteiger charge is 2.13. The number of aromatic nitrogens is 1. The SMILES string of the molecule is C[C@H](NC[C@H](N)CCc1ccccc1)C(=O)NCc1ccc(COC(N)=O)nc1. The number of rotatable bonds is 11. The number of amides is 2. The molecule has 2 atom stereocenters. The fourth-order valence-corrected chi connectivity index (χ4v) is 2.65. The van der Waals surface area contributed by atoms with Gasteiger partial charge in [-0.25, -0.2) is 4.79 Å². The Morgan fingerprint density at radius 2 is 1.90 bits per heavy atom. The van der Waals surface area contributed by atoms with Gasteiger partial charge in [0, 0.05) is 25.3 Å². The normalized spacial score (nSPS) is 12.8. The molecule has 8 nitrogen and oxygen atoms in total. The van der Waals surface area contributed by atoms with E-state index in [4.69, 9.17) is 11.5 Å². The van der Waals surface area contributed by atoms with Gasteiger partial charge >= 0.3 is 6.09 Å². The lowest BCUT2D eigenvalue weighted by molar-refractivity contribution is -0.122. The number of nitrogens with one attached hydrogen (secondary N) is 2. The second kappa shape index (κ2) is 11.8. The second-order valence-electron chi connectivity index (χ2n) is 6.90. The molecular formula is C21H29N5O3. The summed E-state index contributed by atoms with van der Waals surface area (Å²) in [6.07, 6.45) is 2.54. The van der Waals surface area contributed by atoms with Gasteiger partial charge in [-0.05, 0) is 37.0 Å². The van der Waals surface area contributed by atoms with Crippen LogP contribution in [0.15, 0.2) is 48.7 Å². The minimum Gasteiger partial charge on any atom is -0.443 e. The molecule has 156 valence electrons. The summed E-state index contributed by atoms with van der Waals surface area (Å²) in [7, 11) is 0. The van der Waals surface area contributed by atoms with Gasteiger partial charge in [-0.1, -0.05) is 36.4 Å². The molecule has 0 aliphatic heterocycles. The number of nitrogens with two attached hydrogens (primary N) is 2. The standard InChI is InChI=1S/C21H29N5O3/c1-15(24-13-18(22)9-7-16-5-3-2-4-6-16)20(27)26-12-17-8-10-19(25-11-17)14-29-21(23)28/h2-6,8,10-11,15,18,24H,7,9,12-14,22H2,1H3,(H2,23,28)(H,26,27)/t15-,18+/m0/s1. The Kier molecular flexibility index (Phi) is 9.07. The van der Waals surface area contributed by atoms with Gasteiger partial charge in [-0.2, -0.15) is 0 Å². The van der Waals surface area contributed by atoms with Gasteiger partial charge in [0.05, 0.1) is 11.7 Å². The number of primary amides is 1. The smallest absolute Gasteiger partial charge is 0.404 e. The van der Waals surface area contributed by atoms with Crippen molar-refractivity contribution in [2.45, 2.75) is 45.0 Å². The predicted octanol–water partition coefficient (Wildman–Crippen LogP) is 1.23. The third kappa shape index (κ3) is 8.71. The molecule has 0 radical (unpaired) electrons. The Labute approximate surface area is 171 Å². The van der Waals surface area contributed by atoms with Crippen LogP contribution >= 0.6 is 0 Å². The minimum absolute atomic E-state index is 0.0213. The van der Waals surface area contributed by atoms with Crippen molar-refractivity contribution in [2.24, 2.45) is 11.5 Å². The van der Waals surface area contributed by atoms with E-state index in [-0.39, 0.29) is 24.6 Å². The van der Waals surface area contributed by atoms with E-state index in [0.717, 1.165) is 18.4 Å². The number of aryl methyl sites for hydroxylation is 1. The Hall–Kier alpha value is -2.97. The molecule has 0 aliphatic rings. The Morgan fingerprint density at radius 1 is 1.14 bits per heavy atom. The molecule has 0 saturated carbocycles.